The maximum atomic E-state index is 10.8. The quantitative estimate of drug-likeness (QED) is 0.686. The minimum absolute atomic E-state index is 0.0688. The third-order valence-electron chi connectivity index (χ3n) is 1.60. The molecule has 2 N–H and O–H groups in total. The number of amides is 1. The molecular formula is C10H10NO2. The Morgan fingerprint density at radius 2 is 1.85 bits per heavy atom. The summed E-state index contributed by atoms with van der Waals surface area (Å²) < 4.78 is 0. The maximum absolute atomic E-state index is 10.8. The highest BCUT2D eigenvalue weighted by Gasteiger charge is 2.08. The van der Waals surface area contributed by atoms with Crippen molar-refractivity contribution in [3.63, 3.8) is 0 Å². The van der Waals surface area contributed by atoms with Gasteiger partial charge in [-0.1, -0.05) is 30.3 Å². The van der Waals surface area contributed by atoms with Crippen LogP contribution in [0.4, 0.5) is 0 Å². The zero-order valence-electron chi connectivity index (χ0n) is 7.07. The molecule has 67 valence electrons. The van der Waals surface area contributed by atoms with E-state index in [1.165, 1.54) is 0 Å². The van der Waals surface area contributed by atoms with Crippen LogP contribution in [0.25, 0.3) is 0 Å². The molecule has 0 aromatic heterocycles. The summed E-state index contributed by atoms with van der Waals surface area (Å²) in [7, 11) is 0. The molecule has 3 heteroatoms. The van der Waals surface area contributed by atoms with E-state index in [2.05, 4.69) is 0 Å². The second-order valence-corrected chi connectivity index (χ2v) is 2.61. The number of carbonyl (C=O) groups is 2. The van der Waals surface area contributed by atoms with Crippen molar-refractivity contribution < 1.29 is 9.59 Å². The van der Waals surface area contributed by atoms with E-state index in [9.17, 15) is 9.59 Å². The summed E-state index contributed by atoms with van der Waals surface area (Å²) >= 11 is 0. The Morgan fingerprint density at radius 1 is 1.23 bits per heavy atom. The van der Waals surface area contributed by atoms with Crippen LogP contribution in [0, 0.1) is 6.42 Å². The fraction of sp³-hybridized carbons (Fsp3) is 0.100. The van der Waals surface area contributed by atoms with Crippen molar-refractivity contribution >= 4 is 11.7 Å². The molecule has 0 bridgehead atoms. The van der Waals surface area contributed by atoms with Gasteiger partial charge in [-0.05, 0) is 12.0 Å². The Balaban J connectivity index is 2.44. The smallest absolute Gasteiger partial charge is 0.284 e. The first-order valence-electron chi connectivity index (χ1n) is 3.91. The minimum Gasteiger partial charge on any atom is -0.363 e. The molecule has 0 aliphatic heterocycles. The lowest BCUT2D eigenvalue weighted by Gasteiger charge is -1.97. The molecule has 0 unspecified atom stereocenters. The first-order chi connectivity index (χ1) is 6.20. The Morgan fingerprint density at radius 3 is 2.38 bits per heavy atom. The van der Waals surface area contributed by atoms with Crippen LogP contribution >= 0.6 is 0 Å². The van der Waals surface area contributed by atoms with E-state index in [1.807, 2.05) is 30.3 Å². The molecule has 0 aliphatic carbocycles. The lowest BCUT2D eigenvalue weighted by atomic mass is 10.1. The Hall–Kier alpha value is -1.64. The molecule has 0 heterocycles. The number of rotatable bonds is 4. The van der Waals surface area contributed by atoms with Gasteiger partial charge >= 0.3 is 0 Å². The lowest BCUT2D eigenvalue weighted by molar-refractivity contribution is -0.135. The van der Waals surface area contributed by atoms with Crippen molar-refractivity contribution in [1.29, 1.82) is 0 Å². The SMILES string of the molecule is NC(=O)C(=O)C[CH]c1ccccc1. The number of benzene rings is 1. The first kappa shape index (κ1) is 9.45. The van der Waals surface area contributed by atoms with Crippen LogP contribution in [-0.4, -0.2) is 11.7 Å². The summed E-state index contributed by atoms with van der Waals surface area (Å²) in [5.41, 5.74) is 5.71. The number of hydrogen-bond donors (Lipinski definition) is 1. The monoisotopic (exact) mass is 176 g/mol. The predicted octanol–water partition coefficient (Wildman–Crippen LogP) is 0.683. The molecule has 3 nitrogen and oxygen atoms in total. The van der Waals surface area contributed by atoms with Gasteiger partial charge < -0.3 is 5.73 Å². The molecule has 0 atom stereocenters. The molecule has 0 saturated carbocycles. The van der Waals surface area contributed by atoms with E-state index >= 15 is 0 Å². The minimum atomic E-state index is -0.882. The van der Waals surface area contributed by atoms with Gasteiger partial charge in [0.25, 0.3) is 5.91 Å². The largest absolute Gasteiger partial charge is 0.363 e. The van der Waals surface area contributed by atoms with Gasteiger partial charge in [-0.3, -0.25) is 9.59 Å². The van der Waals surface area contributed by atoms with Gasteiger partial charge in [-0.15, -0.1) is 0 Å². The summed E-state index contributed by atoms with van der Waals surface area (Å²) in [4.78, 5) is 21.2. The molecule has 0 spiro atoms. The number of hydrogen-bond acceptors (Lipinski definition) is 2. The Labute approximate surface area is 76.6 Å². The van der Waals surface area contributed by atoms with Crippen LogP contribution in [0.3, 0.4) is 0 Å². The highest BCUT2D eigenvalue weighted by molar-refractivity contribution is 6.35. The van der Waals surface area contributed by atoms with Crippen molar-refractivity contribution in [1.82, 2.24) is 0 Å². The lowest BCUT2D eigenvalue weighted by Crippen LogP contribution is -2.22. The summed E-state index contributed by atoms with van der Waals surface area (Å²) in [5, 5.41) is 0. The fourth-order valence-corrected chi connectivity index (χ4v) is 0.900. The third kappa shape index (κ3) is 3.07. The predicted molar refractivity (Wildman–Crippen MR) is 48.7 cm³/mol. The molecule has 1 aromatic carbocycles. The van der Waals surface area contributed by atoms with E-state index in [0.717, 1.165) is 5.56 Å². The van der Waals surface area contributed by atoms with Crippen molar-refractivity contribution in [2.45, 2.75) is 6.42 Å². The molecule has 0 aliphatic rings. The number of carbonyl (C=O) groups excluding carboxylic acids is 2. The summed E-state index contributed by atoms with van der Waals surface area (Å²) in [5.74, 6) is -1.45. The number of nitrogens with two attached hydrogens (primary N) is 1. The summed E-state index contributed by atoms with van der Waals surface area (Å²) in [6.45, 7) is 0. The van der Waals surface area contributed by atoms with Crippen LogP contribution in [0.2, 0.25) is 0 Å². The van der Waals surface area contributed by atoms with Crippen molar-refractivity contribution in [3.05, 3.63) is 42.3 Å². The second kappa shape index (κ2) is 4.40. The summed E-state index contributed by atoms with van der Waals surface area (Å²) in [6.07, 6.45) is 1.74. The average Bonchev–Trinajstić information content (AvgIpc) is 2.15. The van der Waals surface area contributed by atoms with Crippen molar-refractivity contribution in [2.75, 3.05) is 0 Å². The third-order valence-corrected chi connectivity index (χ3v) is 1.60. The second-order valence-electron chi connectivity index (χ2n) is 2.61. The first-order valence-corrected chi connectivity index (χ1v) is 3.91. The van der Waals surface area contributed by atoms with E-state index in [4.69, 9.17) is 5.73 Å². The van der Waals surface area contributed by atoms with Crippen LogP contribution in [-0.2, 0) is 9.59 Å². The number of primary amides is 1. The Kier molecular flexibility index (Phi) is 3.20. The van der Waals surface area contributed by atoms with Gasteiger partial charge in [0.2, 0.25) is 5.78 Å². The maximum Gasteiger partial charge on any atom is 0.284 e. The van der Waals surface area contributed by atoms with Crippen LogP contribution < -0.4 is 5.73 Å². The topological polar surface area (TPSA) is 60.2 Å². The highest BCUT2D eigenvalue weighted by Crippen LogP contribution is 2.04. The molecule has 1 rings (SSSR count). The van der Waals surface area contributed by atoms with Crippen molar-refractivity contribution in [2.24, 2.45) is 5.73 Å². The molecule has 13 heavy (non-hydrogen) atoms. The Bertz CT molecular complexity index is 306. The van der Waals surface area contributed by atoms with E-state index in [1.54, 1.807) is 6.42 Å². The van der Waals surface area contributed by atoms with Gasteiger partial charge in [-0.2, -0.15) is 0 Å². The average molecular weight is 176 g/mol. The van der Waals surface area contributed by atoms with Gasteiger partial charge in [-0.25, -0.2) is 0 Å². The molecule has 1 radical (unpaired) electrons. The van der Waals surface area contributed by atoms with Crippen molar-refractivity contribution in [3.8, 4) is 0 Å². The number of ketones is 1. The van der Waals surface area contributed by atoms with Crippen LogP contribution in [0.5, 0.6) is 0 Å². The van der Waals surface area contributed by atoms with Gasteiger partial charge in [0, 0.05) is 6.42 Å². The molecule has 1 aromatic rings. The summed E-state index contributed by atoms with van der Waals surface area (Å²) in [6, 6.07) is 9.32. The van der Waals surface area contributed by atoms with E-state index in [0.29, 0.717) is 0 Å². The van der Waals surface area contributed by atoms with E-state index in [-0.39, 0.29) is 6.42 Å². The van der Waals surface area contributed by atoms with Crippen LogP contribution in [0.15, 0.2) is 30.3 Å². The molecule has 0 saturated heterocycles. The molecule has 0 fully saturated rings. The zero-order valence-corrected chi connectivity index (χ0v) is 7.07. The molecule has 1 amide bonds. The highest BCUT2D eigenvalue weighted by atomic mass is 16.2. The standard InChI is InChI=1S/C10H10NO2/c11-10(13)9(12)7-6-8-4-2-1-3-5-8/h1-6H,7H2,(H2,11,13). The van der Waals surface area contributed by atoms with Gasteiger partial charge in [0.05, 0.1) is 0 Å². The van der Waals surface area contributed by atoms with Gasteiger partial charge in [0.15, 0.2) is 0 Å². The number of Topliss-reactive ketones (excluding diaryl/α,β-unsaturated/α-hetero) is 1. The normalized spacial score (nSPS) is 9.54. The van der Waals surface area contributed by atoms with Crippen LogP contribution in [0.1, 0.15) is 12.0 Å². The van der Waals surface area contributed by atoms with Gasteiger partial charge in [0.1, 0.15) is 0 Å². The molecular weight excluding hydrogens is 166 g/mol. The fourth-order valence-electron chi connectivity index (χ4n) is 0.900. The van der Waals surface area contributed by atoms with E-state index < -0.39 is 11.7 Å². The zero-order chi connectivity index (χ0) is 9.68.